The highest BCUT2D eigenvalue weighted by Crippen LogP contribution is 2.47. The van der Waals surface area contributed by atoms with Crippen molar-refractivity contribution in [2.24, 2.45) is 0 Å². The van der Waals surface area contributed by atoms with Crippen molar-refractivity contribution in [2.75, 3.05) is 26.2 Å². The van der Waals surface area contributed by atoms with Gasteiger partial charge in [-0.1, -0.05) is 61.0 Å². The number of carbonyl (C=O) groups is 1. The minimum atomic E-state index is 0.507. The molecule has 6 rings (SSSR count). The maximum Gasteiger partial charge on any atom is 0.153 e. The van der Waals surface area contributed by atoms with Crippen molar-refractivity contribution in [1.82, 2.24) is 4.90 Å². The first kappa shape index (κ1) is 27.1. The molecule has 5 aromatic rings. The molecule has 0 atom stereocenters. The lowest BCUT2D eigenvalue weighted by Gasteiger charge is -2.26. The second kappa shape index (κ2) is 13.0. The highest BCUT2D eigenvalue weighted by molar-refractivity contribution is 7.22. The number of hydrogen-bond donors (Lipinski definition) is 0. The van der Waals surface area contributed by atoms with Crippen LogP contribution >= 0.6 is 11.3 Å². The summed E-state index contributed by atoms with van der Waals surface area (Å²) in [4.78, 5) is 14.7. The SMILES string of the molecule is O=Cc1ccc(-c2sc3cc(OCc4ccccc4)ccc3c2Oc2ccc(OCCN3CCCCC3)cc2)cc1. The third-order valence-corrected chi connectivity index (χ3v) is 8.52. The number of benzene rings is 4. The van der Waals surface area contributed by atoms with Crippen LogP contribution in [-0.2, 0) is 6.61 Å². The largest absolute Gasteiger partial charge is 0.492 e. The van der Waals surface area contributed by atoms with Crippen LogP contribution in [-0.4, -0.2) is 37.4 Å². The Morgan fingerprint density at radius 1 is 0.756 bits per heavy atom. The van der Waals surface area contributed by atoms with Crippen LogP contribution in [0.1, 0.15) is 35.2 Å². The molecule has 1 saturated heterocycles. The van der Waals surface area contributed by atoms with Crippen LogP contribution in [0, 0.1) is 0 Å². The van der Waals surface area contributed by atoms with Gasteiger partial charge in [0, 0.05) is 22.2 Å². The summed E-state index contributed by atoms with van der Waals surface area (Å²) in [5.41, 5.74) is 2.76. The second-order valence-electron chi connectivity index (χ2n) is 10.3. The van der Waals surface area contributed by atoms with E-state index in [2.05, 4.69) is 29.2 Å². The van der Waals surface area contributed by atoms with Gasteiger partial charge in [-0.2, -0.15) is 0 Å². The number of likely N-dealkylation sites (tertiary alicyclic amines) is 1. The standard InChI is InChI=1S/C35H33NO4S/c37-24-26-9-11-28(12-10-26)35-34(32-18-17-31(23-33(32)41-35)39-25-27-7-3-1-4-8-27)40-30-15-13-29(14-16-30)38-22-21-36-19-5-2-6-20-36/h1,3-4,7-18,23-24H,2,5-6,19-22,25H2. The molecule has 0 amide bonds. The first-order valence-corrected chi connectivity index (χ1v) is 15.0. The average molecular weight is 564 g/mol. The Labute approximate surface area is 244 Å². The van der Waals surface area contributed by atoms with Crippen LogP contribution in [0.15, 0.2) is 97.1 Å². The monoisotopic (exact) mass is 563 g/mol. The summed E-state index contributed by atoms with van der Waals surface area (Å²) >= 11 is 1.65. The number of aldehydes is 1. The number of ether oxygens (including phenoxy) is 3. The van der Waals surface area contributed by atoms with Gasteiger partial charge in [0.1, 0.15) is 36.7 Å². The van der Waals surface area contributed by atoms with Crippen LogP contribution in [0.4, 0.5) is 0 Å². The molecule has 2 heterocycles. The van der Waals surface area contributed by atoms with E-state index in [9.17, 15) is 4.79 Å². The lowest BCUT2D eigenvalue weighted by molar-refractivity contribution is 0.112. The topological polar surface area (TPSA) is 48.0 Å². The zero-order chi connectivity index (χ0) is 27.9. The quantitative estimate of drug-likeness (QED) is 0.151. The number of fused-ring (bicyclic) bond motifs is 1. The lowest BCUT2D eigenvalue weighted by Crippen LogP contribution is -2.33. The van der Waals surface area contributed by atoms with Gasteiger partial charge in [0.15, 0.2) is 5.75 Å². The third-order valence-electron chi connectivity index (χ3n) is 7.34. The Balaban J connectivity index is 1.22. The Bertz CT molecular complexity index is 1570. The fourth-order valence-electron chi connectivity index (χ4n) is 5.09. The van der Waals surface area contributed by atoms with Gasteiger partial charge in [-0.15, -0.1) is 11.3 Å². The molecule has 0 unspecified atom stereocenters. The van der Waals surface area contributed by atoms with Gasteiger partial charge in [-0.3, -0.25) is 9.69 Å². The van der Waals surface area contributed by atoms with Crippen molar-refractivity contribution >= 4 is 27.7 Å². The van der Waals surface area contributed by atoms with Crippen molar-refractivity contribution in [1.29, 1.82) is 0 Å². The summed E-state index contributed by atoms with van der Waals surface area (Å²) in [5, 5.41) is 1.01. The fourth-order valence-corrected chi connectivity index (χ4v) is 6.25. The summed E-state index contributed by atoms with van der Waals surface area (Å²) in [6, 6.07) is 31.7. The van der Waals surface area contributed by atoms with E-state index in [0.717, 1.165) is 61.9 Å². The molecule has 0 saturated carbocycles. The van der Waals surface area contributed by atoms with Gasteiger partial charge in [0.2, 0.25) is 0 Å². The van der Waals surface area contributed by atoms with Crippen LogP contribution in [0.2, 0.25) is 0 Å². The first-order chi connectivity index (χ1) is 20.2. The predicted molar refractivity (Wildman–Crippen MR) is 166 cm³/mol. The van der Waals surface area contributed by atoms with Crippen molar-refractivity contribution in [3.05, 3.63) is 108 Å². The average Bonchev–Trinajstić information content (AvgIpc) is 3.39. The molecule has 0 bridgehead atoms. The Kier molecular flexibility index (Phi) is 8.60. The molecule has 1 aromatic heterocycles. The van der Waals surface area contributed by atoms with Crippen LogP contribution in [0.3, 0.4) is 0 Å². The minimum absolute atomic E-state index is 0.507. The zero-order valence-electron chi connectivity index (χ0n) is 23.0. The Morgan fingerprint density at radius 2 is 1.49 bits per heavy atom. The van der Waals surface area contributed by atoms with Gasteiger partial charge >= 0.3 is 0 Å². The molecule has 0 aliphatic carbocycles. The van der Waals surface area contributed by atoms with Gasteiger partial charge in [-0.25, -0.2) is 0 Å². The normalized spacial score (nSPS) is 13.7. The predicted octanol–water partition coefficient (Wildman–Crippen LogP) is 8.62. The minimum Gasteiger partial charge on any atom is -0.492 e. The van der Waals surface area contributed by atoms with E-state index in [0.29, 0.717) is 18.8 Å². The zero-order valence-corrected chi connectivity index (χ0v) is 23.8. The fraction of sp³-hybridized carbons (Fsp3) is 0.229. The summed E-state index contributed by atoms with van der Waals surface area (Å²) in [5.74, 6) is 3.18. The van der Waals surface area contributed by atoms with Crippen molar-refractivity contribution < 1.29 is 19.0 Å². The molecule has 1 aliphatic heterocycles. The van der Waals surface area contributed by atoms with Crippen molar-refractivity contribution in [3.8, 4) is 33.4 Å². The van der Waals surface area contributed by atoms with Gasteiger partial charge in [0.25, 0.3) is 0 Å². The van der Waals surface area contributed by atoms with Crippen LogP contribution < -0.4 is 14.2 Å². The summed E-state index contributed by atoms with van der Waals surface area (Å²) < 4.78 is 19.7. The van der Waals surface area contributed by atoms with E-state index in [1.54, 1.807) is 11.3 Å². The van der Waals surface area contributed by atoms with Crippen molar-refractivity contribution in [3.63, 3.8) is 0 Å². The van der Waals surface area contributed by atoms with Gasteiger partial charge in [-0.05, 0) is 79.5 Å². The Morgan fingerprint density at radius 3 is 2.24 bits per heavy atom. The van der Waals surface area contributed by atoms with E-state index in [1.807, 2.05) is 72.8 Å². The van der Waals surface area contributed by atoms with E-state index in [4.69, 9.17) is 14.2 Å². The molecule has 1 aliphatic rings. The second-order valence-corrected chi connectivity index (χ2v) is 11.3. The van der Waals surface area contributed by atoms with Crippen LogP contribution in [0.25, 0.3) is 20.5 Å². The van der Waals surface area contributed by atoms with E-state index >= 15 is 0 Å². The Hall–Kier alpha value is -4.13. The number of thiophene rings is 1. The molecule has 0 spiro atoms. The molecule has 1 fully saturated rings. The van der Waals surface area contributed by atoms with Gasteiger partial charge in [0.05, 0.1) is 4.88 Å². The van der Waals surface area contributed by atoms with Gasteiger partial charge < -0.3 is 14.2 Å². The van der Waals surface area contributed by atoms with E-state index in [-0.39, 0.29) is 0 Å². The number of piperidine rings is 1. The molecule has 4 aromatic carbocycles. The lowest BCUT2D eigenvalue weighted by atomic mass is 10.1. The number of carbonyl (C=O) groups excluding carboxylic acids is 1. The molecule has 41 heavy (non-hydrogen) atoms. The molecular weight excluding hydrogens is 530 g/mol. The highest BCUT2D eigenvalue weighted by atomic mass is 32.1. The van der Waals surface area contributed by atoms with E-state index in [1.165, 1.54) is 32.4 Å². The molecule has 208 valence electrons. The molecule has 0 radical (unpaired) electrons. The van der Waals surface area contributed by atoms with Crippen LogP contribution in [0.5, 0.6) is 23.0 Å². The van der Waals surface area contributed by atoms with Crippen molar-refractivity contribution in [2.45, 2.75) is 25.9 Å². The number of rotatable bonds is 11. The maximum absolute atomic E-state index is 11.2. The third kappa shape index (κ3) is 6.79. The summed E-state index contributed by atoms with van der Waals surface area (Å²) in [6.07, 6.45) is 4.77. The molecular formula is C35H33NO4S. The number of hydrogen-bond acceptors (Lipinski definition) is 6. The summed E-state index contributed by atoms with van der Waals surface area (Å²) in [7, 11) is 0. The van der Waals surface area contributed by atoms with E-state index < -0.39 is 0 Å². The molecule has 6 heteroatoms. The smallest absolute Gasteiger partial charge is 0.153 e. The molecule has 0 N–H and O–H groups in total. The first-order valence-electron chi connectivity index (χ1n) is 14.2. The molecule has 5 nitrogen and oxygen atoms in total. The number of nitrogens with zero attached hydrogens (tertiary/aromatic N) is 1. The maximum atomic E-state index is 11.2. The highest BCUT2D eigenvalue weighted by Gasteiger charge is 2.18. The summed E-state index contributed by atoms with van der Waals surface area (Å²) in [6.45, 7) is 4.50.